The first kappa shape index (κ1) is 12.6. The van der Waals surface area contributed by atoms with Gasteiger partial charge in [0.25, 0.3) is 5.69 Å². The van der Waals surface area contributed by atoms with E-state index in [1.165, 1.54) is 36.6 Å². The molecule has 0 aliphatic carbocycles. The Morgan fingerprint density at radius 1 is 1.32 bits per heavy atom. The molecule has 0 atom stereocenters. The molecule has 0 radical (unpaired) electrons. The molecule has 0 aliphatic heterocycles. The summed E-state index contributed by atoms with van der Waals surface area (Å²) < 4.78 is 10.3. The second-order valence-electron chi connectivity index (χ2n) is 3.60. The minimum Gasteiger partial charge on any atom is -0.486 e. The van der Waals surface area contributed by atoms with Crippen molar-refractivity contribution in [2.24, 2.45) is 0 Å². The van der Waals surface area contributed by atoms with E-state index >= 15 is 0 Å². The number of furan rings is 1. The lowest BCUT2D eigenvalue weighted by atomic mass is 10.2. The molecule has 2 rings (SSSR count). The predicted octanol–water partition coefficient (Wildman–Crippen LogP) is 2.47. The van der Waals surface area contributed by atoms with E-state index in [-0.39, 0.29) is 23.6 Å². The smallest absolute Gasteiger partial charge is 0.339 e. The first-order chi connectivity index (χ1) is 9.08. The van der Waals surface area contributed by atoms with Crippen molar-refractivity contribution in [1.82, 2.24) is 0 Å². The fourth-order valence-electron chi connectivity index (χ4n) is 1.46. The number of rotatable bonds is 5. The molecule has 0 fully saturated rings. The number of aromatic carboxylic acids is 1. The van der Waals surface area contributed by atoms with Crippen LogP contribution in [0.25, 0.3) is 0 Å². The fourth-order valence-corrected chi connectivity index (χ4v) is 1.46. The van der Waals surface area contributed by atoms with Crippen LogP contribution in [0.4, 0.5) is 5.69 Å². The molecule has 7 heteroatoms. The Labute approximate surface area is 107 Å². The third kappa shape index (κ3) is 2.89. The minimum atomic E-state index is -1.10. The number of hydrogen-bond donors (Lipinski definition) is 1. The molecule has 0 aliphatic rings. The number of ether oxygens (including phenoxy) is 1. The van der Waals surface area contributed by atoms with Gasteiger partial charge in [0, 0.05) is 12.1 Å². The molecule has 1 aromatic heterocycles. The average molecular weight is 263 g/mol. The normalized spacial score (nSPS) is 10.1. The Hall–Kier alpha value is -2.83. The third-order valence-corrected chi connectivity index (χ3v) is 2.39. The van der Waals surface area contributed by atoms with Crippen LogP contribution in [-0.4, -0.2) is 16.0 Å². The van der Waals surface area contributed by atoms with Gasteiger partial charge >= 0.3 is 5.97 Å². The van der Waals surface area contributed by atoms with Crippen LogP contribution < -0.4 is 4.74 Å². The van der Waals surface area contributed by atoms with E-state index in [2.05, 4.69) is 0 Å². The van der Waals surface area contributed by atoms with Crippen LogP contribution in [0.5, 0.6) is 5.75 Å². The molecular weight excluding hydrogens is 254 g/mol. The molecule has 19 heavy (non-hydrogen) atoms. The maximum atomic E-state index is 10.8. The van der Waals surface area contributed by atoms with Crippen molar-refractivity contribution in [3.8, 4) is 5.75 Å². The lowest BCUT2D eigenvalue weighted by Crippen LogP contribution is -2.02. The van der Waals surface area contributed by atoms with Crippen molar-refractivity contribution >= 4 is 11.7 Å². The lowest BCUT2D eigenvalue weighted by molar-refractivity contribution is -0.384. The highest BCUT2D eigenvalue weighted by Gasteiger charge is 2.14. The van der Waals surface area contributed by atoms with Crippen molar-refractivity contribution in [3.05, 3.63) is 58.0 Å². The Balaban J connectivity index is 2.04. The van der Waals surface area contributed by atoms with Gasteiger partial charge in [-0.1, -0.05) is 0 Å². The maximum Gasteiger partial charge on any atom is 0.339 e. The Morgan fingerprint density at radius 2 is 2.00 bits per heavy atom. The standard InChI is InChI=1S/C12H9NO6/c14-12(15)10-5-6-18-11(10)7-19-9-3-1-8(2-4-9)13(16)17/h1-6H,7H2,(H,14,15). The molecule has 1 N–H and O–H groups in total. The second-order valence-corrected chi connectivity index (χ2v) is 3.60. The monoisotopic (exact) mass is 263 g/mol. The van der Waals surface area contributed by atoms with E-state index in [0.29, 0.717) is 5.75 Å². The van der Waals surface area contributed by atoms with Crippen molar-refractivity contribution in [2.45, 2.75) is 6.61 Å². The lowest BCUT2D eigenvalue weighted by Gasteiger charge is -2.04. The molecule has 0 spiro atoms. The highest BCUT2D eigenvalue weighted by molar-refractivity contribution is 5.88. The van der Waals surface area contributed by atoms with Gasteiger partial charge in [-0.15, -0.1) is 0 Å². The molecule has 1 heterocycles. The van der Waals surface area contributed by atoms with Crippen LogP contribution in [0.1, 0.15) is 16.1 Å². The zero-order valence-electron chi connectivity index (χ0n) is 9.61. The Bertz CT molecular complexity index is 601. The summed E-state index contributed by atoms with van der Waals surface area (Å²) in [5.41, 5.74) is -0.0153. The van der Waals surface area contributed by atoms with Crippen LogP contribution >= 0.6 is 0 Å². The summed E-state index contributed by atoms with van der Waals surface area (Å²) in [6.07, 6.45) is 1.26. The highest BCUT2D eigenvalue weighted by atomic mass is 16.6. The SMILES string of the molecule is O=C(O)c1ccoc1COc1ccc([N+](=O)[O-])cc1. The van der Waals surface area contributed by atoms with Gasteiger partial charge in [-0.2, -0.15) is 0 Å². The molecule has 0 saturated carbocycles. The van der Waals surface area contributed by atoms with Crippen LogP contribution in [0.3, 0.4) is 0 Å². The number of nitro groups is 1. The van der Waals surface area contributed by atoms with E-state index in [1.807, 2.05) is 0 Å². The number of carboxylic acids is 1. The highest BCUT2D eigenvalue weighted by Crippen LogP contribution is 2.19. The topological polar surface area (TPSA) is 103 Å². The summed E-state index contributed by atoms with van der Waals surface area (Å²) in [6.45, 7) is -0.0631. The predicted molar refractivity (Wildman–Crippen MR) is 63.1 cm³/mol. The quantitative estimate of drug-likeness (QED) is 0.656. The number of non-ortho nitro benzene ring substituents is 1. The number of carboxylic acid groups (broad SMARTS) is 1. The first-order valence-electron chi connectivity index (χ1n) is 5.25. The largest absolute Gasteiger partial charge is 0.486 e. The summed E-state index contributed by atoms with van der Waals surface area (Å²) in [5, 5.41) is 19.3. The molecule has 0 unspecified atom stereocenters. The van der Waals surface area contributed by atoms with Crippen molar-refractivity contribution in [2.75, 3.05) is 0 Å². The number of benzene rings is 1. The number of nitro benzene ring substituents is 1. The van der Waals surface area contributed by atoms with Crippen molar-refractivity contribution < 1.29 is 24.0 Å². The average Bonchev–Trinajstić information content (AvgIpc) is 2.85. The Kier molecular flexibility index (Phi) is 3.46. The fraction of sp³-hybridized carbons (Fsp3) is 0.0833. The molecule has 2 aromatic rings. The van der Waals surface area contributed by atoms with E-state index in [4.69, 9.17) is 14.3 Å². The number of carbonyl (C=O) groups is 1. The van der Waals surface area contributed by atoms with Crippen molar-refractivity contribution in [3.63, 3.8) is 0 Å². The van der Waals surface area contributed by atoms with Gasteiger partial charge in [-0.3, -0.25) is 10.1 Å². The minimum absolute atomic E-state index is 0.0295. The zero-order valence-corrected chi connectivity index (χ0v) is 9.61. The van der Waals surface area contributed by atoms with Crippen LogP contribution in [0.15, 0.2) is 41.0 Å². The third-order valence-electron chi connectivity index (χ3n) is 2.39. The van der Waals surface area contributed by atoms with Gasteiger partial charge in [0.05, 0.1) is 11.2 Å². The molecule has 7 nitrogen and oxygen atoms in total. The molecule has 1 aromatic carbocycles. The van der Waals surface area contributed by atoms with Crippen LogP contribution in [0, 0.1) is 10.1 Å². The summed E-state index contributed by atoms with van der Waals surface area (Å²) in [5.74, 6) is -0.528. The summed E-state index contributed by atoms with van der Waals surface area (Å²) in [4.78, 5) is 20.8. The molecule has 0 saturated heterocycles. The van der Waals surface area contributed by atoms with Gasteiger partial charge in [0.1, 0.15) is 17.9 Å². The molecule has 0 bridgehead atoms. The van der Waals surface area contributed by atoms with Gasteiger partial charge in [0.2, 0.25) is 0 Å². The molecule has 98 valence electrons. The van der Waals surface area contributed by atoms with Gasteiger partial charge < -0.3 is 14.3 Å². The van der Waals surface area contributed by atoms with Crippen LogP contribution in [-0.2, 0) is 6.61 Å². The summed E-state index contributed by atoms with van der Waals surface area (Å²) >= 11 is 0. The second kappa shape index (κ2) is 5.21. The van der Waals surface area contributed by atoms with E-state index in [1.54, 1.807) is 0 Å². The molecular formula is C12H9NO6. The van der Waals surface area contributed by atoms with Crippen molar-refractivity contribution in [1.29, 1.82) is 0 Å². The van der Waals surface area contributed by atoms with E-state index < -0.39 is 10.9 Å². The molecule has 0 amide bonds. The summed E-state index contributed by atoms with van der Waals surface area (Å²) in [7, 11) is 0. The number of nitrogens with zero attached hydrogens (tertiary/aromatic N) is 1. The van der Waals surface area contributed by atoms with Gasteiger partial charge in [-0.05, 0) is 18.2 Å². The van der Waals surface area contributed by atoms with E-state index in [9.17, 15) is 14.9 Å². The Morgan fingerprint density at radius 3 is 2.58 bits per heavy atom. The maximum absolute atomic E-state index is 10.8. The van der Waals surface area contributed by atoms with Gasteiger partial charge in [0.15, 0.2) is 5.76 Å². The summed E-state index contributed by atoms with van der Waals surface area (Å²) in [6, 6.07) is 6.80. The van der Waals surface area contributed by atoms with Crippen LogP contribution in [0.2, 0.25) is 0 Å². The van der Waals surface area contributed by atoms with E-state index in [0.717, 1.165) is 0 Å². The number of hydrogen-bond acceptors (Lipinski definition) is 5. The first-order valence-corrected chi connectivity index (χ1v) is 5.25. The zero-order chi connectivity index (χ0) is 13.8. The van der Waals surface area contributed by atoms with Gasteiger partial charge in [-0.25, -0.2) is 4.79 Å².